The van der Waals surface area contributed by atoms with Crippen LogP contribution in [0.1, 0.15) is 31.9 Å². The quantitative estimate of drug-likeness (QED) is 0.349. The number of alkyl halides is 3. The molecule has 3 aromatic heterocycles. The second-order valence-electron chi connectivity index (χ2n) is 9.59. The molecule has 4 heterocycles. The predicted octanol–water partition coefficient (Wildman–Crippen LogP) is 4.57. The summed E-state index contributed by atoms with van der Waals surface area (Å²) in [5.74, 6) is 0.929. The third kappa shape index (κ3) is 5.67. The van der Waals surface area contributed by atoms with Crippen LogP contribution in [0.15, 0.2) is 48.7 Å². The van der Waals surface area contributed by atoms with E-state index in [4.69, 9.17) is 15.5 Å². The molecule has 0 bridgehead atoms. The number of hydrogen-bond acceptors (Lipinski definition) is 7. The molecule has 4 aromatic rings. The Bertz CT molecular complexity index is 1420. The Morgan fingerprint density at radius 3 is 2.53 bits per heavy atom. The monoisotopic (exact) mass is 572 g/mol. The number of likely N-dealkylation sites (tertiary alicyclic amines) is 1. The minimum Gasteiger partial charge on any atom is -0.489 e. The van der Waals surface area contributed by atoms with E-state index in [1.807, 2.05) is 38.1 Å². The summed E-state index contributed by atoms with van der Waals surface area (Å²) in [4.78, 5) is 6.00. The summed E-state index contributed by atoms with van der Waals surface area (Å²) in [6, 6.07) is 10.3. The molecule has 5 rings (SSSR count). The van der Waals surface area contributed by atoms with E-state index in [9.17, 15) is 18.3 Å². The Morgan fingerprint density at radius 2 is 1.87 bits per heavy atom. The lowest BCUT2D eigenvalue weighted by atomic mass is 10.0. The van der Waals surface area contributed by atoms with Crippen molar-refractivity contribution in [2.75, 3.05) is 19.7 Å². The highest BCUT2D eigenvalue weighted by Crippen LogP contribution is 2.41. The summed E-state index contributed by atoms with van der Waals surface area (Å²) in [5, 5.41) is 18.8. The maximum absolute atomic E-state index is 14.3. The topological polar surface area (TPSA) is 102 Å². The van der Waals surface area contributed by atoms with Crippen LogP contribution in [0.25, 0.3) is 28.1 Å². The fraction of sp³-hybridized carbons (Fsp3) is 0.400. The molecule has 0 amide bonds. The van der Waals surface area contributed by atoms with Gasteiger partial charge in [0.1, 0.15) is 23.0 Å². The largest absolute Gasteiger partial charge is 0.489 e. The van der Waals surface area contributed by atoms with E-state index in [2.05, 4.69) is 10.2 Å². The number of aliphatic hydroxyl groups excluding tert-OH is 1. The molecule has 1 aliphatic heterocycles. The van der Waals surface area contributed by atoms with Crippen molar-refractivity contribution in [3.05, 3.63) is 54.2 Å². The number of aliphatic hydroxyl groups is 1. The molecule has 3 N–H and O–H groups in total. The molecule has 0 aliphatic carbocycles. The van der Waals surface area contributed by atoms with Crippen molar-refractivity contribution in [1.82, 2.24) is 24.5 Å². The SMILES string of the molecule is CC(C)Oc1cccc2ccc(-c3nnc4ccc([C@@H](N5CCC(N)(CO)C5)C(F)(F)F)cn34)nc12.Cl.Cl. The Kier molecular flexibility index (Phi) is 8.79. The fourth-order valence-electron chi connectivity index (χ4n) is 4.72. The molecule has 1 unspecified atom stereocenters. The molecule has 13 heteroatoms. The van der Waals surface area contributed by atoms with Crippen LogP contribution in [0.5, 0.6) is 5.75 Å². The van der Waals surface area contributed by atoms with Gasteiger partial charge in [0, 0.05) is 24.7 Å². The number of fused-ring (bicyclic) bond motifs is 2. The number of ether oxygens (including phenoxy) is 1. The van der Waals surface area contributed by atoms with Gasteiger partial charge >= 0.3 is 6.18 Å². The Balaban J connectivity index is 0.00000200. The van der Waals surface area contributed by atoms with Gasteiger partial charge in [-0.3, -0.25) is 9.30 Å². The van der Waals surface area contributed by atoms with E-state index in [0.29, 0.717) is 28.4 Å². The van der Waals surface area contributed by atoms with Crippen LogP contribution in [0, 0.1) is 0 Å². The average molecular weight is 573 g/mol. The zero-order valence-corrected chi connectivity index (χ0v) is 22.4. The summed E-state index contributed by atoms with van der Waals surface area (Å²) in [7, 11) is 0. The van der Waals surface area contributed by atoms with Gasteiger partial charge in [0.25, 0.3) is 0 Å². The van der Waals surface area contributed by atoms with Crippen molar-refractivity contribution < 1.29 is 23.0 Å². The molecule has 1 aliphatic rings. The molecular weight excluding hydrogens is 544 g/mol. The summed E-state index contributed by atoms with van der Waals surface area (Å²) in [6.07, 6.45) is -2.92. The minimum atomic E-state index is -4.55. The van der Waals surface area contributed by atoms with Gasteiger partial charge in [-0.05, 0) is 44.0 Å². The van der Waals surface area contributed by atoms with Gasteiger partial charge in [0.2, 0.25) is 0 Å². The number of nitrogens with two attached hydrogens (primary N) is 1. The smallest absolute Gasteiger partial charge is 0.408 e. The normalized spacial score (nSPS) is 18.9. The summed E-state index contributed by atoms with van der Waals surface area (Å²) in [6.45, 7) is 3.52. The van der Waals surface area contributed by atoms with Gasteiger partial charge in [-0.15, -0.1) is 35.0 Å². The van der Waals surface area contributed by atoms with Crippen LogP contribution in [0.2, 0.25) is 0 Å². The zero-order valence-electron chi connectivity index (χ0n) is 20.7. The summed E-state index contributed by atoms with van der Waals surface area (Å²) < 4.78 is 50.2. The van der Waals surface area contributed by atoms with Crippen LogP contribution in [-0.2, 0) is 0 Å². The Morgan fingerprint density at radius 1 is 1.11 bits per heavy atom. The lowest BCUT2D eigenvalue weighted by Crippen LogP contribution is -2.48. The van der Waals surface area contributed by atoms with Crippen LogP contribution in [0.4, 0.5) is 13.2 Å². The van der Waals surface area contributed by atoms with Gasteiger partial charge in [-0.1, -0.05) is 24.3 Å². The van der Waals surface area contributed by atoms with Crippen LogP contribution in [0.3, 0.4) is 0 Å². The second kappa shape index (κ2) is 11.2. The van der Waals surface area contributed by atoms with Gasteiger partial charge < -0.3 is 15.6 Å². The fourth-order valence-corrected chi connectivity index (χ4v) is 4.72. The average Bonchev–Trinajstić information content (AvgIpc) is 3.42. The van der Waals surface area contributed by atoms with Crippen molar-refractivity contribution >= 4 is 41.4 Å². The Labute approximate surface area is 229 Å². The van der Waals surface area contributed by atoms with Crippen molar-refractivity contribution in [1.29, 1.82) is 0 Å². The number of para-hydroxylation sites is 1. The van der Waals surface area contributed by atoms with Crippen LogP contribution < -0.4 is 10.5 Å². The van der Waals surface area contributed by atoms with E-state index in [0.717, 1.165) is 5.39 Å². The molecule has 0 spiro atoms. The first-order valence-corrected chi connectivity index (χ1v) is 11.7. The third-order valence-corrected chi connectivity index (χ3v) is 6.42. The van der Waals surface area contributed by atoms with E-state index >= 15 is 0 Å². The second-order valence-corrected chi connectivity index (χ2v) is 9.59. The first-order chi connectivity index (χ1) is 17.1. The van der Waals surface area contributed by atoms with Crippen molar-refractivity contribution in [2.45, 2.75) is 44.1 Å². The first-order valence-electron chi connectivity index (χ1n) is 11.7. The number of aromatic nitrogens is 4. The lowest BCUT2D eigenvalue weighted by molar-refractivity contribution is -0.184. The van der Waals surface area contributed by atoms with E-state index < -0.39 is 17.8 Å². The Hall–Kier alpha value is -2.70. The number of halogens is 5. The summed E-state index contributed by atoms with van der Waals surface area (Å²) >= 11 is 0. The molecule has 0 saturated carbocycles. The molecule has 1 saturated heterocycles. The van der Waals surface area contributed by atoms with E-state index in [1.54, 1.807) is 6.07 Å². The highest BCUT2D eigenvalue weighted by atomic mass is 35.5. The number of benzene rings is 1. The molecule has 1 aromatic carbocycles. The molecule has 2 atom stereocenters. The third-order valence-electron chi connectivity index (χ3n) is 6.42. The predicted molar refractivity (Wildman–Crippen MR) is 143 cm³/mol. The highest BCUT2D eigenvalue weighted by Gasteiger charge is 2.49. The van der Waals surface area contributed by atoms with Gasteiger partial charge in [-0.2, -0.15) is 13.2 Å². The standard InChI is InChI=1S/C25H27F3N6O2.2ClH/c1-15(2)36-19-5-3-4-16-6-8-18(30-21(16)19)23-32-31-20-9-7-17(12-34(20)23)22(25(26,27)28)33-11-10-24(29,13-33)14-35;;/h3-9,12,15,22,35H,10-11,13-14,29H2,1-2H3;2*1H/t22-,24?;;/m1../s1. The molecule has 1 fully saturated rings. The van der Waals surface area contributed by atoms with Crippen molar-refractivity contribution in [2.24, 2.45) is 5.73 Å². The summed E-state index contributed by atoms with van der Waals surface area (Å²) in [5.41, 5.74) is 6.52. The maximum Gasteiger partial charge on any atom is 0.408 e. The van der Waals surface area contributed by atoms with Crippen molar-refractivity contribution in [3.63, 3.8) is 0 Å². The number of rotatable bonds is 6. The lowest BCUT2D eigenvalue weighted by Gasteiger charge is -2.31. The van der Waals surface area contributed by atoms with Crippen molar-refractivity contribution in [3.8, 4) is 17.3 Å². The van der Waals surface area contributed by atoms with E-state index in [1.165, 1.54) is 27.6 Å². The van der Waals surface area contributed by atoms with Gasteiger partial charge in [0.05, 0.1) is 18.2 Å². The number of hydrogen-bond donors (Lipinski definition) is 2. The maximum atomic E-state index is 14.3. The van der Waals surface area contributed by atoms with Crippen LogP contribution >= 0.6 is 24.8 Å². The van der Waals surface area contributed by atoms with Crippen LogP contribution in [-0.4, -0.2) is 67.1 Å². The number of nitrogens with zero attached hydrogens (tertiary/aromatic N) is 5. The zero-order chi connectivity index (χ0) is 25.7. The highest BCUT2D eigenvalue weighted by molar-refractivity contribution is 5.86. The van der Waals surface area contributed by atoms with E-state index in [-0.39, 0.29) is 62.6 Å². The molecule has 0 radical (unpaired) electrons. The first kappa shape index (κ1) is 29.9. The molecule has 8 nitrogen and oxygen atoms in total. The molecule has 38 heavy (non-hydrogen) atoms. The number of pyridine rings is 2. The molecule has 206 valence electrons. The van der Waals surface area contributed by atoms with Gasteiger partial charge in [0.15, 0.2) is 11.5 Å². The minimum absolute atomic E-state index is 0. The van der Waals surface area contributed by atoms with Gasteiger partial charge in [-0.25, -0.2) is 4.98 Å². The molecular formula is C25H29Cl2F3N6O2.